The number of benzene rings is 3. The maximum atomic E-state index is 13.7. The Kier molecular flexibility index (Phi) is 8.89. The molecule has 2 aliphatic heterocycles. The van der Waals surface area contributed by atoms with Gasteiger partial charge in [-0.1, -0.05) is 48.5 Å². The Bertz CT molecular complexity index is 1330. The predicted octanol–water partition coefficient (Wildman–Crippen LogP) is 7.08. The minimum absolute atomic E-state index is 0.00704. The lowest BCUT2D eigenvalue weighted by atomic mass is 9.72. The molecule has 0 bridgehead atoms. The number of hydrogen-bond acceptors (Lipinski definition) is 6. The maximum absolute atomic E-state index is 13.7. The van der Waals surface area contributed by atoms with Crippen molar-refractivity contribution < 1.29 is 55.0 Å². The van der Waals surface area contributed by atoms with Gasteiger partial charge < -0.3 is 33.9 Å². The van der Waals surface area contributed by atoms with Crippen molar-refractivity contribution in [1.82, 2.24) is 0 Å². The molecule has 0 spiro atoms. The average Bonchev–Trinajstić information content (AvgIpc) is 3.38. The van der Waals surface area contributed by atoms with Crippen LogP contribution in [-0.4, -0.2) is 48.3 Å². The van der Waals surface area contributed by atoms with Crippen LogP contribution in [0, 0.1) is 11.1 Å². The number of hydrogen-bond donors (Lipinski definition) is 1. The van der Waals surface area contributed by atoms with Crippen molar-refractivity contribution in [3.63, 3.8) is 0 Å². The summed E-state index contributed by atoms with van der Waals surface area (Å²) >= 11 is 0. The third kappa shape index (κ3) is 7.64. The van der Waals surface area contributed by atoms with Crippen molar-refractivity contribution in [2.24, 2.45) is 5.92 Å². The number of alkyl halides is 6. The second kappa shape index (κ2) is 12.2. The molecule has 238 valence electrons. The van der Waals surface area contributed by atoms with E-state index in [4.69, 9.17) is 9.47 Å². The van der Waals surface area contributed by atoms with Crippen molar-refractivity contribution in [3.05, 3.63) is 100 Å². The lowest BCUT2D eigenvalue weighted by molar-refractivity contribution is -0.900. The van der Waals surface area contributed by atoms with Crippen LogP contribution >= 0.6 is 0 Å². The molecule has 2 saturated heterocycles. The molecule has 3 aromatic carbocycles. The fraction of sp³-hybridized carbons (Fsp3) is 0.419. The van der Waals surface area contributed by atoms with E-state index >= 15 is 0 Å². The summed E-state index contributed by atoms with van der Waals surface area (Å²) < 4.78 is 94.9. The minimum Gasteiger partial charge on any atom is -0.633 e. The summed E-state index contributed by atoms with van der Waals surface area (Å²) in [6, 6.07) is 16.7. The minimum atomic E-state index is -4.91. The van der Waals surface area contributed by atoms with Crippen LogP contribution in [0.3, 0.4) is 0 Å². The van der Waals surface area contributed by atoms with Gasteiger partial charge in [-0.2, -0.15) is 0 Å². The number of hydroxylamine groups is 3. The fourth-order valence-electron chi connectivity index (χ4n) is 5.87. The molecule has 3 aromatic rings. The van der Waals surface area contributed by atoms with Crippen molar-refractivity contribution in [2.45, 2.75) is 57.0 Å². The highest BCUT2D eigenvalue weighted by Crippen LogP contribution is 2.44. The van der Waals surface area contributed by atoms with E-state index in [1.807, 2.05) is 31.2 Å². The predicted molar refractivity (Wildman–Crippen MR) is 145 cm³/mol. The number of nitrogens with zero attached hydrogens (tertiary/aromatic N) is 1. The highest BCUT2D eigenvalue weighted by Gasteiger charge is 2.44. The normalized spacial score (nSPS) is 24.7. The smallest absolute Gasteiger partial charge is 0.573 e. The Morgan fingerprint density at radius 3 is 1.68 bits per heavy atom. The van der Waals surface area contributed by atoms with E-state index in [-0.39, 0.29) is 49.7 Å². The molecule has 0 amide bonds. The summed E-state index contributed by atoms with van der Waals surface area (Å²) in [7, 11) is 0. The molecule has 2 unspecified atom stereocenters. The summed E-state index contributed by atoms with van der Waals surface area (Å²) in [5, 5.41) is 25.9. The van der Waals surface area contributed by atoms with Crippen LogP contribution in [0.4, 0.5) is 26.3 Å². The average molecular weight is 628 g/mol. The molecule has 7 nitrogen and oxygen atoms in total. The molecule has 2 aliphatic rings. The molecule has 5 rings (SSSR count). The first-order chi connectivity index (χ1) is 20.6. The topological polar surface area (TPSA) is 80.2 Å². The van der Waals surface area contributed by atoms with E-state index in [9.17, 15) is 36.7 Å². The van der Waals surface area contributed by atoms with E-state index in [2.05, 4.69) is 9.47 Å². The van der Waals surface area contributed by atoms with Gasteiger partial charge in [-0.3, -0.25) is 0 Å². The standard InChI is InChI=1S/C31H31F6NO6/c1-20-19-41-28(42-20)22-4-2-21(3-5-22)18-38(40)16-14-25(15-17-38)29(39,23-6-10-26(11-7-23)43-30(32,33)34)24-8-12-27(13-9-24)44-31(35,36)37/h2-13,20,25,28,39H,14-19H2,1H3. The van der Waals surface area contributed by atoms with Crippen molar-refractivity contribution in [3.8, 4) is 11.5 Å². The summed E-state index contributed by atoms with van der Waals surface area (Å²) in [5.74, 6) is -1.57. The molecule has 0 aromatic heterocycles. The van der Waals surface area contributed by atoms with Crippen LogP contribution in [0.2, 0.25) is 0 Å². The molecule has 0 radical (unpaired) electrons. The highest BCUT2D eigenvalue weighted by atomic mass is 19.4. The number of likely N-dealkylation sites (tertiary alicyclic amines) is 1. The van der Waals surface area contributed by atoms with E-state index in [1.165, 1.54) is 24.3 Å². The van der Waals surface area contributed by atoms with Gasteiger partial charge >= 0.3 is 12.7 Å². The second-order valence-electron chi connectivity index (χ2n) is 11.2. The molecule has 2 fully saturated rings. The van der Waals surface area contributed by atoms with E-state index in [0.29, 0.717) is 6.61 Å². The molecular weight excluding hydrogens is 596 g/mol. The highest BCUT2D eigenvalue weighted by molar-refractivity contribution is 5.42. The largest absolute Gasteiger partial charge is 0.633 e. The lowest BCUT2D eigenvalue weighted by Crippen LogP contribution is -2.51. The number of quaternary nitrogens is 1. The lowest BCUT2D eigenvalue weighted by Gasteiger charge is -2.50. The first-order valence-electron chi connectivity index (χ1n) is 14.0. The van der Waals surface area contributed by atoms with Gasteiger partial charge in [0.25, 0.3) is 0 Å². The molecule has 0 saturated carbocycles. The molecule has 1 N–H and O–H groups in total. The van der Waals surface area contributed by atoms with E-state index < -0.39 is 46.7 Å². The Morgan fingerprint density at radius 1 is 0.795 bits per heavy atom. The Labute approximate surface area is 249 Å². The van der Waals surface area contributed by atoms with Crippen molar-refractivity contribution in [1.29, 1.82) is 0 Å². The Morgan fingerprint density at radius 2 is 1.27 bits per heavy atom. The van der Waals surface area contributed by atoms with Crippen molar-refractivity contribution in [2.75, 3.05) is 19.7 Å². The van der Waals surface area contributed by atoms with E-state index in [0.717, 1.165) is 35.4 Å². The summed E-state index contributed by atoms with van der Waals surface area (Å²) in [4.78, 5) is 0. The van der Waals surface area contributed by atoms with Gasteiger partial charge in [0.05, 0.1) is 25.8 Å². The zero-order chi connectivity index (χ0) is 31.8. The van der Waals surface area contributed by atoms with Crippen LogP contribution in [0.15, 0.2) is 72.8 Å². The van der Waals surface area contributed by atoms with Gasteiger partial charge in [0.2, 0.25) is 0 Å². The molecule has 2 heterocycles. The van der Waals surface area contributed by atoms with Gasteiger partial charge in [-0.25, -0.2) is 0 Å². The molecule has 2 atom stereocenters. The van der Waals surface area contributed by atoms with Crippen LogP contribution in [-0.2, 0) is 21.6 Å². The summed E-state index contributed by atoms with van der Waals surface area (Å²) in [6.07, 6.45) is -9.81. The Balaban J connectivity index is 1.34. The van der Waals surface area contributed by atoms with Gasteiger partial charge in [-0.05, 0) is 42.3 Å². The van der Waals surface area contributed by atoms with Gasteiger partial charge in [0.15, 0.2) is 6.29 Å². The molecular formula is C31H31F6NO6. The molecule has 44 heavy (non-hydrogen) atoms. The van der Waals surface area contributed by atoms with Crippen LogP contribution in [0.25, 0.3) is 0 Å². The van der Waals surface area contributed by atoms with E-state index in [1.54, 1.807) is 0 Å². The first kappa shape index (κ1) is 32.0. The van der Waals surface area contributed by atoms with Crippen LogP contribution < -0.4 is 9.47 Å². The number of piperidine rings is 1. The third-order valence-electron chi connectivity index (χ3n) is 7.98. The zero-order valence-corrected chi connectivity index (χ0v) is 23.6. The number of aliphatic hydroxyl groups is 1. The molecule has 0 aliphatic carbocycles. The maximum Gasteiger partial charge on any atom is 0.573 e. The summed E-state index contributed by atoms with van der Waals surface area (Å²) in [5.41, 5.74) is 0.225. The van der Waals surface area contributed by atoms with Gasteiger partial charge in [-0.15, -0.1) is 26.3 Å². The number of halogens is 6. The SMILES string of the molecule is CC1COC(c2ccc(C[N+]3([O-])CCC(C(O)(c4ccc(OC(F)(F)F)cc4)c4ccc(OC(F)(F)F)cc4)CC3)cc2)O1. The van der Waals surface area contributed by atoms with Crippen LogP contribution in [0.5, 0.6) is 11.5 Å². The quantitative estimate of drug-likeness (QED) is 0.163. The monoisotopic (exact) mass is 627 g/mol. The Hall–Kier alpha value is -3.36. The first-order valence-corrected chi connectivity index (χ1v) is 14.0. The summed E-state index contributed by atoms with van der Waals surface area (Å²) in [6.45, 7) is 2.86. The third-order valence-corrected chi connectivity index (χ3v) is 7.98. The van der Waals surface area contributed by atoms with Gasteiger partial charge in [0, 0.05) is 29.9 Å². The fourth-order valence-corrected chi connectivity index (χ4v) is 5.87. The zero-order valence-electron chi connectivity index (χ0n) is 23.6. The second-order valence-corrected chi connectivity index (χ2v) is 11.2. The van der Waals surface area contributed by atoms with Gasteiger partial charge in [0.1, 0.15) is 23.6 Å². The van der Waals surface area contributed by atoms with Crippen molar-refractivity contribution >= 4 is 0 Å². The number of rotatable bonds is 8. The number of ether oxygens (including phenoxy) is 4. The van der Waals surface area contributed by atoms with Crippen LogP contribution in [0.1, 0.15) is 48.3 Å². The molecule has 13 heteroatoms.